The average Bonchev–Trinajstić information content (AvgIpc) is 2.73. The van der Waals surface area contributed by atoms with Gasteiger partial charge in [-0.3, -0.25) is 4.79 Å². The van der Waals surface area contributed by atoms with Crippen molar-refractivity contribution >= 4 is 29.0 Å². The van der Waals surface area contributed by atoms with Crippen LogP contribution in [0.3, 0.4) is 0 Å². The zero-order valence-electron chi connectivity index (χ0n) is 10.3. The van der Waals surface area contributed by atoms with E-state index in [0.29, 0.717) is 30.3 Å². The second kappa shape index (κ2) is 5.38. The minimum absolute atomic E-state index is 0.131. The summed E-state index contributed by atoms with van der Waals surface area (Å²) in [5, 5.41) is 0.436. The molecule has 0 atom stereocenters. The predicted octanol–water partition coefficient (Wildman–Crippen LogP) is 3.98. The van der Waals surface area contributed by atoms with Crippen molar-refractivity contribution in [2.75, 3.05) is 13.2 Å². The molecule has 1 aliphatic rings. The first-order valence-corrected chi connectivity index (χ1v) is 6.80. The number of halogens is 2. The summed E-state index contributed by atoms with van der Waals surface area (Å²) in [6.07, 6.45) is 0.781. The number of benzene rings is 1. The lowest BCUT2D eigenvalue weighted by atomic mass is 10.1. The molecule has 0 saturated heterocycles. The molecule has 0 fully saturated rings. The number of furan rings is 1. The minimum atomic E-state index is -0.349. The van der Waals surface area contributed by atoms with Gasteiger partial charge in [0.2, 0.25) is 5.78 Å². The molecule has 0 spiro atoms. The average molecular weight is 313 g/mol. The van der Waals surface area contributed by atoms with E-state index in [0.717, 1.165) is 6.42 Å². The van der Waals surface area contributed by atoms with Crippen LogP contribution in [0.4, 0.5) is 0 Å². The smallest absolute Gasteiger partial charge is 0.229 e. The molecular formula is C14H10Cl2O4. The number of carbonyl (C=O) groups is 1. The Balaban J connectivity index is 2.01. The maximum Gasteiger partial charge on any atom is 0.229 e. The van der Waals surface area contributed by atoms with Gasteiger partial charge >= 0.3 is 0 Å². The van der Waals surface area contributed by atoms with Crippen molar-refractivity contribution in [3.05, 3.63) is 45.8 Å². The summed E-state index contributed by atoms with van der Waals surface area (Å²) in [6, 6.07) is 6.16. The lowest BCUT2D eigenvalue weighted by Crippen LogP contribution is -2.02. The van der Waals surface area contributed by atoms with Gasteiger partial charge in [0.1, 0.15) is 0 Å². The number of rotatable bonds is 2. The Bertz CT molecular complexity index is 663. The fraction of sp³-hybridized carbons (Fsp3) is 0.214. The Labute approximate surface area is 125 Å². The van der Waals surface area contributed by atoms with E-state index in [1.807, 2.05) is 0 Å². The number of hydrogen-bond donors (Lipinski definition) is 0. The van der Waals surface area contributed by atoms with E-state index < -0.39 is 0 Å². The van der Waals surface area contributed by atoms with Gasteiger partial charge in [0.15, 0.2) is 22.5 Å². The van der Waals surface area contributed by atoms with E-state index >= 15 is 0 Å². The van der Waals surface area contributed by atoms with Gasteiger partial charge in [-0.2, -0.15) is 0 Å². The standard InChI is InChI=1S/C14H10Cl2O4/c15-9-7-12-11(18-4-1-5-19-12)6-8(9)14(17)10-2-3-13(16)20-10/h2-3,6-7H,1,4-5H2. The normalized spacial score (nSPS) is 13.9. The van der Waals surface area contributed by atoms with Crippen LogP contribution in [0.15, 0.2) is 28.7 Å². The van der Waals surface area contributed by atoms with Crippen LogP contribution in [0.1, 0.15) is 22.5 Å². The maximum atomic E-state index is 12.3. The van der Waals surface area contributed by atoms with Crippen LogP contribution in [0, 0.1) is 0 Å². The van der Waals surface area contributed by atoms with Gasteiger partial charge in [-0.05, 0) is 29.8 Å². The third-order valence-electron chi connectivity index (χ3n) is 2.88. The zero-order valence-corrected chi connectivity index (χ0v) is 11.8. The fourth-order valence-electron chi connectivity index (χ4n) is 1.93. The quantitative estimate of drug-likeness (QED) is 0.787. The van der Waals surface area contributed by atoms with E-state index in [4.69, 9.17) is 37.1 Å². The molecule has 1 aromatic heterocycles. The second-order valence-electron chi connectivity index (χ2n) is 4.26. The molecule has 0 amide bonds. The van der Waals surface area contributed by atoms with E-state index in [1.165, 1.54) is 12.1 Å². The molecule has 0 unspecified atom stereocenters. The molecule has 104 valence electrons. The molecular weight excluding hydrogens is 303 g/mol. The van der Waals surface area contributed by atoms with Crippen LogP contribution < -0.4 is 9.47 Å². The first kappa shape index (κ1) is 13.3. The monoisotopic (exact) mass is 312 g/mol. The number of carbonyl (C=O) groups excluding carboxylic acids is 1. The fourth-order valence-corrected chi connectivity index (χ4v) is 2.31. The molecule has 20 heavy (non-hydrogen) atoms. The molecule has 1 aromatic carbocycles. The number of fused-ring (bicyclic) bond motifs is 1. The van der Waals surface area contributed by atoms with Gasteiger partial charge in [-0.1, -0.05) is 11.6 Å². The van der Waals surface area contributed by atoms with E-state index in [2.05, 4.69) is 0 Å². The van der Waals surface area contributed by atoms with Crippen LogP contribution in [0.25, 0.3) is 0 Å². The van der Waals surface area contributed by atoms with E-state index in [1.54, 1.807) is 12.1 Å². The van der Waals surface area contributed by atoms with Crippen molar-refractivity contribution in [3.8, 4) is 11.5 Å². The lowest BCUT2D eigenvalue weighted by molar-refractivity contribution is 0.101. The van der Waals surface area contributed by atoms with Crippen molar-refractivity contribution in [3.63, 3.8) is 0 Å². The Morgan fingerprint density at radius 2 is 1.75 bits per heavy atom. The number of hydrogen-bond acceptors (Lipinski definition) is 4. The maximum absolute atomic E-state index is 12.3. The summed E-state index contributed by atoms with van der Waals surface area (Å²) in [5.41, 5.74) is 0.293. The Kier molecular flexibility index (Phi) is 3.59. The molecule has 0 bridgehead atoms. The second-order valence-corrected chi connectivity index (χ2v) is 5.04. The van der Waals surface area contributed by atoms with Crippen molar-refractivity contribution in [1.29, 1.82) is 0 Å². The highest BCUT2D eigenvalue weighted by molar-refractivity contribution is 6.35. The van der Waals surface area contributed by atoms with Crippen molar-refractivity contribution < 1.29 is 18.7 Å². The lowest BCUT2D eigenvalue weighted by Gasteiger charge is -2.10. The highest BCUT2D eigenvalue weighted by Gasteiger charge is 2.21. The van der Waals surface area contributed by atoms with Crippen molar-refractivity contribution in [2.45, 2.75) is 6.42 Å². The largest absolute Gasteiger partial charge is 0.490 e. The van der Waals surface area contributed by atoms with E-state index in [9.17, 15) is 4.79 Å². The Hall–Kier alpha value is -1.65. The molecule has 0 saturated carbocycles. The first-order chi connectivity index (χ1) is 9.65. The van der Waals surface area contributed by atoms with Gasteiger partial charge in [-0.15, -0.1) is 0 Å². The highest BCUT2D eigenvalue weighted by atomic mass is 35.5. The first-order valence-electron chi connectivity index (χ1n) is 6.04. The highest BCUT2D eigenvalue weighted by Crippen LogP contribution is 2.36. The third-order valence-corrected chi connectivity index (χ3v) is 3.39. The third kappa shape index (κ3) is 2.49. The molecule has 3 rings (SSSR count). The SMILES string of the molecule is O=C(c1ccc(Cl)o1)c1cc2c(cc1Cl)OCCCO2. The summed E-state index contributed by atoms with van der Waals surface area (Å²) in [6.45, 7) is 1.10. The predicted molar refractivity (Wildman–Crippen MR) is 74.2 cm³/mol. The molecule has 2 heterocycles. The minimum Gasteiger partial charge on any atom is -0.490 e. The molecule has 0 N–H and O–H groups in total. The van der Waals surface area contributed by atoms with Crippen LogP contribution in [-0.4, -0.2) is 19.0 Å². The van der Waals surface area contributed by atoms with Crippen molar-refractivity contribution in [1.82, 2.24) is 0 Å². The molecule has 4 nitrogen and oxygen atoms in total. The van der Waals surface area contributed by atoms with Gasteiger partial charge in [-0.25, -0.2) is 0 Å². The Morgan fingerprint density at radius 1 is 1.05 bits per heavy atom. The number of ether oxygens (including phenoxy) is 2. The van der Waals surface area contributed by atoms with Crippen molar-refractivity contribution in [2.24, 2.45) is 0 Å². The molecule has 0 radical (unpaired) electrons. The summed E-state index contributed by atoms with van der Waals surface area (Å²) in [4.78, 5) is 12.3. The van der Waals surface area contributed by atoms with E-state index in [-0.39, 0.29) is 21.8 Å². The zero-order chi connectivity index (χ0) is 14.1. The van der Waals surface area contributed by atoms with Crippen LogP contribution in [-0.2, 0) is 0 Å². The molecule has 1 aliphatic heterocycles. The van der Waals surface area contributed by atoms with Crippen LogP contribution >= 0.6 is 23.2 Å². The molecule has 0 aliphatic carbocycles. The molecule has 6 heteroatoms. The summed E-state index contributed by atoms with van der Waals surface area (Å²) in [5.74, 6) is 0.832. The Morgan fingerprint density at radius 3 is 2.40 bits per heavy atom. The van der Waals surface area contributed by atoms with Gasteiger partial charge in [0, 0.05) is 18.1 Å². The summed E-state index contributed by atoms with van der Waals surface area (Å²) in [7, 11) is 0. The van der Waals surface area contributed by atoms with Crippen LogP contribution in [0.5, 0.6) is 11.5 Å². The summed E-state index contributed by atoms with van der Waals surface area (Å²) >= 11 is 11.8. The molecule has 2 aromatic rings. The van der Waals surface area contributed by atoms with Gasteiger partial charge in [0.25, 0.3) is 0 Å². The van der Waals surface area contributed by atoms with Crippen LogP contribution in [0.2, 0.25) is 10.2 Å². The van der Waals surface area contributed by atoms with Gasteiger partial charge in [0.05, 0.1) is 18.2 Å². The van der Waals surface area contributed by atoms with Gasteiger partial charge < -0.3 is 13.9 Å². The number of ketones is 1. The summed E-state index contributed by atoms with van der Waals surface area (Å²) < 4.78 is 16.2. The topological polar surface area (TPSA) is 48.7 Å².